The number of hydrogen-bond acceptors (Lipinski definition) is 2. The van der Waals surface area contributed by atoms with E-state index in [4.69, 9.17) is 4.98 Å². The summed E-state index contributed by atoms with van der Waals surface area (Å²) in [6, 6.07) is 4.42. The molecule has 0 aromatic carbocycles. The van der Waals surface area contributed by atoms with Gasteiger partial charge < -0.3 is 4.90 Å². The second-order valence-corrected chi connectivity index (χ2v) is 4.55. The Morgan fingerprint density at radius 3 is 2.93 bits per heavy atom. The number of pyridine rings is 1. The first-order valence-corrected chi connectivity index (χ1v) is 5.37. The zero-order valence-electron chi connectivity index (χ0n) is 9.25. The summed E-state index contributed by atoms with van der Waals surface area (Å²) >= 11 is 0. The summed E-state index contributed by atoms with van der Waals surface area (Å²) in [7, 11) is 2.12. The lowest BCUT2D eigenvalue weighted by Gasteiger charge is -2.12. The van der Waals surface area contributed by atoms with Crippen LogP contribution in [-0.4, -0.2) is 18.6 Å². The maximum atomic E-state index is 4.70. The third-order valence-electron chi connectivity index (χ3n) is 2.71. The molecular weight excluding hydrogens is 172 g/mol. The zero-order chi connectivity index (χ0) is 10.1. The van der Waals surface area contributed by atoms with E-state index in [0.717, 1.165) is 19.4 Å². The van der Waals surface area contributed by atoms with Crippen molar-refractivity contribution in [3.8, 4) is 0 Å². The van der Waals surface area contributed by atoms with Crippen LogP contribution in [-0.2, 0) is 12.8 Å². The van der Waals surface area contributed by atoms with Gasteiger partial charge in [0.05, 0.1) is 0 Å². The van der Waals surface area contributed by atoms with Gasteiger partial charge in [0.15, 0.2) is 0 Å². The van der Waals surface area contributed by atoms with Gasteiger partial charge in [-0.2, -0.15) is 0 Å². The first kappa shape index (κ1) is 9.50. The number of anilines is 1. The second kappa shape index (κ2) is 3.60. The van der Waals surface area contributed by atoms with Gasteiger partial charge in [-0.05, 0) is 30.4 Å². The van der Waals surface area contributed by atoms with Gasteiger partial charge in [0.25, 0.3) is 0 Å². The summed E-state index contributed by atoms with van der Waals surface area (Å²) in [5.41, 5.74) is 2.63. The molecule has 2 nitrogen and oxygen atoms in total. The predicted molar refractivity (Wildman–Crippen MR) is 59.8 cm³/mol. The highest BCUT2D eigenvalue weighted by Gasteiger charge is 2.17. The predicted octanol–water partition coefficient (Wildman–Crippen LogP) is 2.27. The molecule has 1 aromatic rings. The zero-order valence-corrected chi connectivity index (χ0v) is 9.25. The van der Waals surface area contributed by atoms with E-state index in [2.05, 4.69) is 37.9 Å². The summed E-state index contributed by atoms with van der Waals surface area (Å²) in [6.45, 7) is 5.59. The summed E-state index contributed by atoms with van der Waals surface area (Å²) in [6.07, 6.45) is 2.24. The molecule has 14 heavy (non-hydrogen) atoms. The molecule has 1 aliphatic rings. The Labute approximate surface area is 86.0 Å². The van der Waals surface area contributed by atoms with Crippen LogP contribution < -0.4 is 4.90 Å². The van der Waals surface area contributed by atoms with Crippen LogP contribution in [0.4, 0.5) is 5.82 Å². The van der Waals surface area contributed by atoms with Crippen molar-refractivity contribution in [2.45, 2.75) is 26.7 Å². The van der Waals surface area contributed by atoms with E-state index in [-0.39, 0.29) is 0 Å². The van der Waals surface area contributed by atoms with E-state index in [1.807, 2.05) is 0 Å². The molecule has 0 saturated heterocycles. The molecule has 76 valence electrons. The standard InChI is InChI=1S/C12H18N2/c1-9(2)8-11-5-4-10-6-7-14(3)12(10)13-11/h4-5,9H,6-8H2,1-3H3. The van der Waals surface area contributed by atoms with Crippen LogP contribution in [0, 0.1) is 5.92 Å². The Morgan fingerprint density at radius 2 is 2.21 bits per heavy atom. The molecule has 0 bridgehead atoms. The van der Waals surface area contributed by atoms with Crippen LogP contribution in [0.15, 0.2) is 12.1 Å². The van der Waals surface area contributed by atoms with Gasteiger partial charge in [-0.15, -0.1) is 0 Å². The Hall–Kier alpha value is -1.05. The van der Waals surface area contributed by atoms with Crippen molar-refractivity contribution in [3.63, 3.8) is 0 Å². The summed E-state index contributed by atoms with van der Waals surface area (Å²) < 4.78 is 0. The molecule has 1 aromatic heterocycles. The quantitative estimate of drug-likeness (QED) is 0.711. The average molecular weight is 190 g/mol. The van der Waals surface area contributed by atoms with Crippen molar-refractivity contribution in [2.24, 2.45) is 5.92 Å². The van der Waals surface area contributed by atoms with Gasteiger partial charge in [0, 0.05) is 19.3 Å². The smallest absolute Gasteiger partial charge is 0.131 e. The number of likely N-dealkylation sites (N-methyl/N-ethyl adjacent to an activating group) is 1. The minimum Gasteiger partial charge on any atom is -0.359 e. The van der Waals surface area contributed by atoms with Crippen LogP contribution in [0.1, 0.15) is 25.1 Å². The van der Waals surface area contributed by atoms with Crippen LogP contribution in [0.2, 0.25) is 0 Å². The van der Waals surface area contributed by atoms with Crippen molar-refractivity contribution in [1.29, 1.82) is 0 Å². The van der Waals surface area contributed by atoms with Crippen LogP contribution in [0.5, 0.6) is 0 Å². The molecule has 0 N–H and O–H groups in total. The highest BCUT2D eigenvalue weighted by Crippen LogP contribution is 2.24. The molecule has 0 fully saturated rings. The summed E-state index contributed by atoms with van der Waals surface area (Å²) in [5.74, 6) is 1.88. The molecular formula is C12H18N2. The molecule has 2 heterocycles. The minimum atomic E-state index is 0.687. The van der Waals surface area contributed by atoms with Crippen molar-refractivity contribution < 1.29 is 0 Å². The number of rotatable bonds is 2. The third kappa shape index (κ3) is 1.74. The largest absolute Gasteiger partial charge is 0.359 e. The Kier molecular flexibility index (Phi) is 2.44. The molecule has 0 unspecified atom stereocenters. The number of hydrogen-bond donors (Lipinski definition) is 0. The van der Waals surface area contributed by atoms with Gasteiger partial charge in [0.2, 0.25) is 0 Å². The SMILES string of the molecule is CC(C)Cc1ccc2c(n1)N(C)CC2. The lowest BCUT2D eigenvalue weighted by molar-refractivity contribution is 0.635. The number of nitrogens with zero attached hydrogens (tertiary/aromatic N) is 2. The molecule has 2 rings (SSSR count). The monoisotopic (exact) mass is 190 g/mol. The third-order valence-corrected chi connectivity index (χ3v) is 2.71. The maximum absolute atomic E-state index is 4.70. The highest BCUT2D eigenvalue weighted by atomic mass is 15.2. The molecule has 0 amide bonds. The van der Waals surface area contributed by atoms with Gasteiger partial charge in [-0.25, -0.2) is 4.98 Å². The fourth-order valence-electron chi connectivity index (χ4n) is 1.97. The summed E-state index contributed by atoms with van der Waals surface area (Å²) in [5, 5.41) is 0. The molecule has 0 radical (unpaired) electrons. The van der Waals surface area contributed by atoms with Gasteiger partial charge >= 0.3 is 0 Å². The van der Waals surface area contributed by atoms with Crippen LogP contribution >= 0.6 is 0 Å². The Bertz CT molecular complexity index is 331. The highest BCUT2D eigenvalue weighted by molar-refractivity contribution is 5.51. The molecule has 0 atom stereocenters. The number of aromatic nitrogens is 1. The van der Waals surface area contributed by atoms with Crippen molar-refractivity contribution in [3.05, 3.63) is 23.4 Å². The second-order valence-electron chi connectivity index (χ2n) is 4.55. The first-order valence-electron chi connectivity index (χ1n) is 5.37. The van der Waals surface area contributed by atoms with Gasteiger partial charge in [-0.3, -0.25) is 0 Å². The minimum absolute atomic E-state index is 0.687. The molecule has 0 saturated carbocycles. The Balaban J connectivity index is 2.26. The lowest BCUT2D eigenvalue weighted by atomic mass is 10.1. The van der Waals surface area contributed by atoms with Crippen molar-refractivity contribution in [2.75, 3.05) is 18.5 Å². The fourth-order valence-corrected chi connectivity index (χ4v) is 1.97. The van der Waals surface area contributed by atoms with Crippen molar-refractivity contribution >= 4 is 5.82 Å². The first-order chi connectivity index (χ1) is 6.66. The van der Waals surface area contributed by atoms with E-state index in [9.17, 15) is 0 Å². The van der Waals surface area contributed by atoms with Gasteiger partial charge in [0.1, 0.15) is 5.82 Å². The van der Waals surface area contributed by atoms with E-state index in [1.54, 1.807) is 0 Å². The number of fused-ring (bicyclic) bond motifs is 1. The molecule has 0 aliphatic carbocycles. The fraction of sp³-hybridized carbons (Fsp3) is 0.583. The van der Waals surface area contributed by atoms with E-state index >= 15 is 0 Å². The normalized spacial score (nSPS) is 15.0. The van der Waals surface area contributed by atoms with E-state index < -0.39 is 0 Å². The average Bonchev–Trinajstić information content (AvgIpc) is 2.47. The topological polar surface area (TPSA) is 16.1 Å². The lowest BCUT2D eigenvalue weighted by Crippen LogP contribution is -2.14. The van der Waals surface area contributed by atoms with Crippen molar-refractivity contribution in [1.82, 2.24) is 4.98 Å². The van der Waals surface area contributed by atoms with Gasteiger partial charge in [-0.1, -0.05) is 19.9 Å². The van der Waals surface area contributed by atoms with E-state index in [0.29, 0.717) is 5.92 Å². The molecule has 0 spiro atoms. The Morgan fingerprint density at radius 1 is 1.43 bits per heavy atom. The van der Waals surface area contributed by atoms with Crippen LogP contribution in [0.25, 0.3) is 0 Å². The molecule has 2 heteroatoms. The van der Waals surface area contributed by atoms with E-state index in [1.165, 1.54) is 17.1 Å². The summed E-state index contributed by atoms with van der Waals surface area (Å²) in [4.78, 5) is 6.95. The van der Waals surface area contributed by atoms with Crippen LogP contribution in [0.3, 0.4) is 0 Å². The molecule has 1 aliphatic heterocycles. The maximum Gasteiger partial charge on any atom is 0.131 e.